The Kier molecular flexibility index (Phi) is 3.59. The van der Waals surface area contributed by atoms with E-state index in [9.17, 15) is 4.79 Å². The molecule has 0 aliphatic heterocycles. The number of carbonyl (C=O) groups is 1. The molecule has 0 saturated heterocycles. The van der Waals surface area contributed by atoms with Crippen molar-refractivity contribution in [3.05, 3.63) is 29.9 Å². The van der Waals surface area contributed by atoms with Gasteiger partial charge in [-0.25, -0.2) is 0 Å². The molecule has 1 aromatic rings. The van der Waals surface area contributed by atoms with E-state index in [0.29, 0.717) is 10.6 Å². The van der Waals surface area contributed by atoms with Gasteiger partial charge in [0.1, 0.15) is 0 Å². The molecule has 0 heterocycles. The molecule has 2 nitrogen and oxygen atoms in total. The van der Waals surface area contributed by atoms with Crippen LogP contribution >= 0.6 is 56.8 Å². The maximum absolute atomic E-state index is 10.9. The summed E-state index contributed by atoms with van der Waals surface area (Å²) < 4.78 is 1.80. The summed E-state index contributed by atoms with van der Waals surface area (Å²) in [5, 5.41) is 0.434. The van der Waals surface area contributed by atoms with Crippen molar-refractivity contribution in [2.45, 2.75) is 0 Å². The van der Waals surface area contributed by atoms with E-state index in [1.165, 1.54) is 0 Å². The predicted octanol–water partition coefficient (Wildman–Crippen LogP) is 2.65. The lowest BCUT2D eigenvalue weighted by atomic mass is 10.2. The molecule has 0 aromatic heterocycles. The number of hydrogen-bond acceptors (Lipinski definition) is 1. The molecule has 1 rings (SSSR count). The summed E-state index contributed by atoms with van der Waals surface area (Å²) in [6.07, 6.45) is 0. The third-order valence-corrected chi connectivity index (χ3v) is 3.46. The van der Waals surface area contributed by atoms with Gasteiger partial charge in [0.05, 0.1) is 10.6 Å². The van der Waals surface area contributed by atoms with E-state index in [2.05, 4.69) is 45.2 Å². The van der Waals surface area contributed by atoms with Crippen molar-refractivity contribution in [3.63, 3.8) is 0 Å². The van der Waals surface area contributed by atoms with Crippen LogP contribution < -0.4 is 5.73 Å². The van der Waals surface area contributed by atoms with E-state index in [0.717, 1.165) is 7.14 Å². The summed E-state index contributed by atoms with van der Waals surface area (Å²) >= 11 is 10.0. The Morgan fingerprint density at radius 1 is 1.42 bits per heavy atom. The van der Waals surface area contributed by atoms with Crippen LogP contribution in [0.25, 0.3) is 0 Å². The Hall–Kier alpha value is 0.440. The number of rotatable bonds is 1. The monoisotopic (exact) mass is 407 g/mol. The molecular formula is C7H4ClI2NO. The maximum atomic E-state index is 10.9. The highest BCUT2D eigenvalue weighted by Crippen LogP contribution is 2.25. The quantitative estimate of drug-likeness (QED) is 0.565. The average molecular weight is 407 g/mol. The smallest absolute Gasteiger partial charge is 0.250 e. The highest BCUT2D eigenvalue weighted by molar-refractivity contribution is 14.1. The van der Waals surface area contributed by atoms with Gasteiger partial charge in [-0.1, -0.05) is 11.6 Å². The van der Waals surface area contributed by atoms with Gasteiger partial charge in [-0.2, -0.15) is 0 Å². The Morgan fingerprint density at radius 2 is 2.00 bits per heavy atom. The average Bonchev–Trinajstić information content (AvgIpc) is 1.96. The van der Waals surface area contributed by atoms with Gasteiger partial charge in [0.15, 0.2) is 0 Å². The largest absolute Gasteiger partial charge is 0.366 e. The lowest BCUT2D eigenvalue weighted by Crippen LogP contribution is -2.12. The highest BCUT2D eigenvalue weighted by Gasteiger charge is 2.10. The van der Waals surface area contributed by atoms with Crippen molar-refractivity contribution in [2.24, 2.45) is 5.73 Å². The molecule has 0 bridgehead atoms. The second-order valence-corrected chi connectivity index (χ2v) is 4.90. The van der Waals surface area contributed by atoms with Gasteiger partial charge < -0.3 is 5.73 Å². The number of carbonyl (C=O) groups excluding carboxylic acids is 1. The van der Waals surface area contributed by atoms with Crippen molar-refractivity contribution in [1.82, 2.24) is 0 Å². The highest BCUT2D eigenvalue weighted by atomic mass is 127. The number of halogens is 3. The second kappa shape index (κ2) is 4.10. The first-order valence-corrected chi connectivity index (χ1v) is 5.50. The Balaban J connectivity index is 3.37. The minimum atomic E-state index is -0.489. The van der Waals surface area contributed by atoms with Crippen molar-refractivity contribution < 1.29 is 4.79 Å². The van der Waals surface area contributed by atoms with Crippen LogP contribution in [0.15, 0.2) is 12.1 Å². The SMILES string of the molecule is NC(=O)c1cc(I)cc(I)c1Cl. The van der Waals surface area contributed by atoms with E-state index in [-0.39, 0.29) is 0 Å². The fourth-order valence-corrected chi connectivity index (χ4v) is 2.78. The van der Waals surface area contributed by atoms with Gasteiger partial charge in [-0.15, -0.1) is 0 Å². The van der Waals surface area contributed by atoms with Crippen LogP contribution in [0.5, 0.6) is 0 Å². The molecule has 0 aliphatic carbocycles. The lowest BCUT2D eigenvalue weighted by Gasteiger charge is -2.02. The minimum absolute atomic E-state index is 0.382. The zero-order valence-electron chi connectivity index (χ0n) is 5.77. The summed E-state index contributed by atoms with van der Waals surface area (Å²) in [6.45, 7) is 0. The third kappa shape index (κ3) is 2.23. The van der Waals surface area contributed by atoms with E-state index in [1.54, 1.807) is 6.07 Å². The first kappa shape index (κ1) is 10.5. The molecule has 5 heteroatoms. The fourth-order valence-electron chi connectivity index (χ4n) is 0.735. The molecular weight excluding hydrogens is 403 g/mol. The molecule has 0 aliphatic rings. The lowest BCUT2D eigenvalue weighted by molar-refractivity contribution is 0.100. The van der Waals surface area contributed by atoms with Gasteiger partial charge in [0, 0.05) is 7.14 Å². The molecule has 0 fully saturated rings. The number of amides is 1. The second-order valence-electron chi connectivity index (χ2n) is 2.11. The first-order valence-electron chi connectivity index (χ1n) is 2.96. The first-order chi connectivity index (χ1) is 5.52. The molecule has 0 spiro atoms. The molecule has 1 aromatic carbocycles. The number of primary amides is 1. The fraction of sp³-hybridized carbons (Fsp3) is 0. The minimum Gasteiger partial charge on any atom is -0.366 e. The van der Waals surface area contributed by atoms with Gasteiger partial charge in [0.25, 0.3) is 0 Å². The summed E-state index contributed by atoms with van der Waals surface area (Å²) in [6, 6.07) is 3.56. The van der Waals surface area contributed by atoms with Crippen molar-refractivity contribution >= 4 is 62.7 Å². The van der Waals surface area contributed by atoms with Crippen LogP contribution in [0, 0.1) is 7.14 Å². The summed E-state index contributed by atoms with van der Waals surface area (Å²) in [5.74, 6) is -0.489. The summed E-state index contributed by atoms with van der Waals surface area (Å²) in [4.78, 5) is 10.9. The Morgan fingerprint density at radius 3 is 2.50 bits per heavy atom. The predicted molar refractivity (Wildman–Crippen MR) is 65.4 cm³/mol. The zero-order chi connectivity index (χ0) is 9.30. The summed E-state index contributed by atoms with van der Waals surface area (Å²) in [5.41, 5.74) is 5.50. The van der Waals surface area contributed by atoms with E-state index in [4.69, 9.17) is 17.3 Å². The van der Waals surface area contributed by atoms with Crippen molar-refractivity contribution in [3.8, 4) is 0 Å². The van der Waals surface area contributed by atoms with Gasteiger partial charge >= 0.3 is 0 Å². The zero-order valence-corrected chi connectivity index (χ0v) is 10.8. The van der Waals surface area contributed by atoms with Crippen LogP contribution in [0.4, 0.5) is 0 Å². The van der Waals surface area contributed by atoms with E-state index < -0.39 is 5.91 Å². The molecule has 0 radical (unpaired) electrons. The molecule has 2 N–H and O–H groups in total. The Bertz CT molecular complexity index is 340. The molecule has 12 heavy (non-hydrogen) atoms. The number of hydrogen-bond donors (Lipinski definition) is 1. The molecule has 1 amide bonds. The molecule has 0 unspecified atom stereocenters. The van der Waals surface area contributed by atoms with Crippen LogP contribution in [0.2, 0.25) is 5.02 Å². The molecule has 0 saturated carbocycles. The van der Waals surface area contributed by atoms with Gasteiger partial charge in [-0.3, -0.25) is 4.79 Å². The van der Waals surface area contributed by atoms with Gasteiger partial charge in [-0.05, 0) is 57.3 Å². The number of nitrogens with two attached hydrogens (primary N) is 1. The van der Waals surface area contributed by atoms with Crippen LogP contribution in [-0.2, 0) is 0 Å². The normalized spacial score (nSPS) is 9.92. The molecule has 64 valence electrons. The maximum Gasteiger partial charge on any atom is 0.250 e. The molecule has 0 atom stereocenters. The summed E-state index contributed by atoms with van der Waals surface area (Å²) in [7, 11) is 0. The topological polar surface area (TPSA) is 43.1 Å². The van der Waals surface area contributed by atoms with Gasteiger partial charge in [0.2, 0.25) is 5.91 Å². The van der Waals surface area contributed by atoms with E-state index in [1.807, 2.05) is 6.07 Å². The van der Waals surface area contributed by atoms with Crippen LogP contribution in [-0.4, -0.2) is 5.91 Å². The Labute approximate surface area is 102 Å². The van der Waals surface area contributed by atoms with Crippen LogP contribution in [0.3, 0.4) is 0 Å². The van der Waals surface area contributed by atoms with Crippen molar-refractivity contribution in [1.29, 1.82) is 0 Å². The van der Waals surface area contributed by atoms with Crippen LogP contribution in [0.1, 0.15) is 10.4 Å². The van der Waals surface area contributed by atoms with Crippen molar-refractivity contribution in [2.75, 3.05) is 0 Å². The third-order valence-electron chi connectivity index (χ3n) is 1.26. The standard InChI is InChI=1S/C7H4ClI2NO/c8-6-4(7(11)12)1-3(9)2-5(6)10/h1-2H,(H2,11,12). The van der Waals surface area contributed by atoms with E-state index >= 15 is 0 Å². The number of benzene rings is 1.